The highest BCUT2D eigenvalue weighted by atomic mass is 79.9. The fraction of sp³-hybridized carbons (Fsp3) is 0.316. The van der Waals surface area contributed by atoms with Crippen LogP contribution in [0.3, 0.4) is 0 Å². The van der Waals surface area contributed by atoms with Crippen LogP contribution in [-0.4, -0.2) is 12.6 Å². The molecule has 0 unspecified atom stereocenters. The molecule has 0 amide bonds. The Morgan fingerprint density at radius 1 is 1.09 bits per heavy atom. The van der Waals surface area contributed by atoms with Crippen LogP contribution in [0.15, 0.2) is 40.9 Å². The second kappa shape index (κ2) is 8.16. The summed E-state index contributed by atoms with van der Waals surface area (Å²) in [6, 6.07) is 10.9. The Kier molecular flexibility index (Phi) is 6.22. The van der Waals surface area contributed by atoms with E-state index >= 15 is 0 Å². The fourth-order valence-corrected chi connectivity index (χ4v) is 2.92. The van der Waals surface area contributed by atoms with E-state index < -0.39 is 0 Å². The number of carbonyl (C=O) groups excluding carboxylic acids is 1. The number of carbonyl (C=O) groups is 1. The van der Waals surface area contributed by atoms with E-state index in [9.17, 15) is 4.79 Å². The van der Waals surface area contributed by atoms with Gasteiger partial charge in [-0.3, -0.25) is 0 Å². The molecule has 2 aromatic carbocycles. The summed E-state index contributed by atoms with van der Waals surface area (Å²) in [7, 11) is 0. The van der Waals surface area contributed by atoms with Gasteiger partial charge in [0.05, 0.1) is 12.2 Å². The maximum absolute atomic E-state index is 12.3. The van der Waals surface area contributed by atoms with Gasteiger partial charge in [0.25, 0.3) is 0 Å². The van der Waals surface area contributed by atoms with Crippen LogP contribution >= 0.6 is 15.9 Å². The van der Waals surface area contributed by atoms with Gasteiger partial charge in [-0.25, -0.2) is 4.79 Å². The summed E-state index contributed by atoms with van der Waals surface area (Å²) in [4.78, 5) is 12.3. The van der Waals surface area contributed by atoms with Gasteiger partial charge in [-0.15, -0.1) is 0 Å². The molecular formula is C19H21BrO3. The first-order chi connectivity index (χ1) is 11.0. The molecule has 0 saturated carbocycles. The van der Waals surface area contributed by atoms with E-state index in [1.165, 1.54) is 0 Å². The molecule has 0 fully saturated rings. The van der Waals surface area contributed by atoms with Crippen LogP contribution in [0.25, 0.3) is 0 Å². The first-order valence-corrected chi connectivity index (χ1v) is 8.52. The predicted octanol–water partition coefficient (Wildman–Crippen LogP) is 5.46. The van der Waals surface area contributed by atoms with Crippen LogP contribution in [0.1, 0.15) is 41.3 Å². The summed E-state index contributed by atoms with van der Waals surface area (Å²) in [6.07, 6.45) is 2.11. The van der Waals surface area contributed by atoms with Gasteiger partial charge in [0.1, 0.15) is 11.5 Å². The Morgan fingerprint density at radius 2 is 1.70 bits per heavy atom. The molecule has 0 N–H and O–H groups in total. The molecule has 0 heterocycles. The average molecular weight is 377 g/mol. The maximum atomic E-state index is 12.3. The summed E-state index contributed by atoms with van der Waals surface area (Å²) in [6.45, 7) is 6.65. The molecule has 23 heavy (non-hydrogen) atoms. The molecule has 3 nitrogen and oxygen atoms in total. The Hall–Kier alpha value is -1.81. The number of hydrogen-bond acceptors (Lipinski definition) is 3. The molecule has 0 saturated heterocycles. The predicted molar refractivity (Wildman–Crippen MR) is 95.4 cm³/mol. The van der Waals surface area contributed by atoms with Crippen molar-refractivity contribution in [1.29, 1.82) is 0 Å². The Labute approximate surface area is 145 Å². The zero-order valence-electron chi connectivity index (χ0n) is 13.7. The lowest BCUT2D eigenvalue weighted by molar-refractivity contribution is 0.0732. The van der Waals surface area contributed by atoms with E-state index in [0.29, 0.717) is 17.9 Å². The van der Waals surface area contributed by atoms with Gasteiger partial charge in [0, 0.05) is 4.47 Å². The summed E-state index contributed by atoms with van der Waals surface area (Å²) in [5.74, 6) is 1.02. The summed E-state index contributed by atoms with van der Waals surface area (Å²) in [5.41, 5.74) is 2.35. The SMILES string of the molecule is CCCCOc1ccc(C(=O)Oc2c(C)cc(Br)cc2C)cc1. The van der Waals surface area contributed by atoms with Crippen molar-refractivity contribution in [2.24, 2.45) is 0 Å². The molecule has 0 atom stereocenters. The highest BCUT2D eigenvalue weighted by Gasteiger charge is 2.13. The smallest absolute Gasteiger partial charge is 0.343 e. The first-order valence-electron chi connectivity index (χ1n) is 7.73. The number of halogens is 1. The minimum absolute atomic E-state index is 0.362. The lowest BCUT2D eigenvalue weighted by atomic mass is 10.1. The Morgan fingerprint density at radius 3 is 2.26 bits per heavy atom. The maximum Gasteiger partial charge on any atom is 0.343 e. The monoisotopic (exact) mass is 376 g/mol. The number of rotatable bonds is 6. The number of aryl methyl sites for hydroxylation is 2. The van der Waals surface area contributed by atoms with Crippen LogP contribution < -0.4 is 9.47 Å². The lowest BCUT2D eigenvalue weighted by Gasteiger charge is -2.11. The normalized spacial score (nSPS) is 10.4. The Balaban J connectivity index is 2.06. The third-order valence-electron chi connectivity index (χ3n) is 3.48. The van der Waals surface area contributed by atoms with Gasteiger partial charge in [-0.1, -0.05) is 29.3 Å². The van der Waals surface area contributed by atoms with E-state index in [-0.39, 0.29) is 5.97 Å². The van der Waals surface area contributed by atoms with Crippen molar-refractivity contribution < 1.29 is 14.3 Å². The zero-order valence-corrected chi connectivity index (χ0v) is 15.3. The van der Waals surface area contributed by atoms with E-state index in [2.05, 4.69) is 22.9 Å². The average Bonchev–Trinajstić information content (AvgIpc) is 2.51. The third kappa shape index (κ3) is 4.83. The van der Waals surface area contributed by atoms with Gasteiger partial charge in [0.2, 0.25) is 0 Å². The summed E-state index contributed by atoms with van der Waals surface area (Å²) < 4.78 is 12.1. The molecule has 0 aromatic heterocycles. The van der Waals surface area contributed by atoms with Gasteiger partial charge < -0.3 is 9.47 Å². The van der Waals surface area contributed by atoms with Crippen molar-refractivity contribution in [3.63, 3.8) is 0 Å². The number of hydrogen-bond donors (Lipinski definition) is 0. The van der Waals surface area contributed by atoms with Crippen molar-refractivity contribution in [3.05, 3.63) is 57.6 Å². The fourth-order valence-electron chi connectivity index (χ4n) is 2.23. The molecule has 0 aliphatic heterocycles. The quantitative estimate of drug-likeness (QED) is 0.381. The number of benzene rings is 2. The van der Waals surface area contributed by atoms with E-state index in [1.807, 2.05) is 26.0 Å². The molecule has 2 rings (SSSR count). The topological polar surface area (TPSA) is 35.5 Å². The van der Waals surface area contributed by atoms with Gasteiger partial charge in [0.15, 0.2) is 0 Å². The number of unbranched alkanes of at least 4 members (excludes halogenated alkanes) is 1. The molecule has 0 spiro atoms. The molecular weight excluding hydrogens is 356 g/mol. The molecule has 2 aromatic rings. The van der Waals surface area contributed by atoms with Crippen LogP contribution in [-0.2, 0) is 0 Å². The minimum Gasteiger partial charge on any atom is -0.494 e. The highest BCUT2D eigenvalue weighted by Crippen LogP contribution is 2.28. The standard InChI is InChI=1S/C19H21BrO3/c1-4-5-10-22-17-8-6-15(7-9-17)19(21)23-18-13(2)11-16(20)12-14(18)3/h6-9,11-12H,4-5,10H2,1-3H3. The van der Waals surface area contributed by atoms with Crippen LogP contribution in [0, 0.1) is 13.8 Å². The van der Waals surface area contributed by atoms with Gasteiger partial charge >= 0.3 is 5.97 Å². The largest absolute Gasteiger partial charge is 0.494 e. The van der Waals surface area contributed by atoms with Crippen molar-refractivity contribution >= 4 is 21.9 Å². The van der Waals surface area contributed by atoms with Crippen LogP contribution in [0.4, 0.5) is 0 Å². The zero-order chi connectivity index (χ0) is 16.8. The van der Waals surface area contributed by atoms with Gasteiger partial charge in [-0.2, -0.15) is 0 Å². The van der Waals surface area contributed by atoms with Crippen LogP contribution in [0.2, 0.25) is 0 Å². The molecule has 122 valence electrons. The number of ether oxygens (including phenoxy) is 2. The summed E-state index contributed by atoms with van der Waals surface area (Å²) >= 11 is 3.44. The second-order valence-electron chi connectivity index (χ2n) is 5.48. The molecule has 0 bridgehead atoms. The second-order valence-corrected chi connectivity index (χ2v) is 6.40. The van der Waals surface area contributed by atoms with Crippen molar-refractivity contribution in [1.82, 2.24) is 0 Å². The highest BCUT2D eigenvalue weighted by molar-refractivity contribution is 9.10. The minimum atomic E-state index is -0.362. The lowest BCUT2D eigenvalue weighted by Crippen LogP contribution is -2.10. The van der Waals surface area contributed by atoms with E-state index in [4.69, 9.17) is 9.47 Å². The molecule has 0 aliphatic carbocycles. The van der Waals surface area contributed by atoms with Crippen molar-refractivity contribution in [2.45, 2.75) is 33.6 Å². The van der Waals surface area contributed by atoms with Crippen LogP contribution in [0.5, 0.6) is 11.5 Å². The summed E-state index contributed by atoms with van der Waals surface area (Å²) in [5, 5.41) is 0. The molecule has 4 heteroatoms. The van der Waals surface area contributed by atoms with E-state index in [1.54, 1.807) is 24.3 Å². The number of esters is 1. The first kappa shape index (κ1) is 17.5. The van der Waals surface area contributed by atoms with Crippen molar-refractivity contribution in [3.8, 4) is 11.5 Å². The third-order valence-corrected chi connectivity index (χ3v) is 3.93. The Bertz CT molecular complexity index is 655. The van der Waals surface area contributed by atoms with Crippen molar-refractivity contribution in [2.75, 3.05) is 6.61 Å². The molecule has 0 aliphatic rings. The van der Waals surface area contributed by atoms with E-state index in [0.717, 1.165) is 34.2 Å². The molecule has 0 radical (unpaired) electrons. The van der Waals surface area contributed by atoms with Gasteiger partial charge in [-0.05, 0) is 67.8 Å².